The van der Waals surface area contributed by atoms with Gasteiger partial charge in [0.2, 0.25) is 6.79 Å². The SMILES string of the molecule is CN(Cc1ccc2c(c1)OCO2)C(=O)NCc1cccnc1N(C)C. The van der Waals surface area contributed by atoms with Crippen molar-refractivity contribution in [2.75, 3.05) is 32.8 Å². The third kappa shape index (κ3) is 3.93. The van der Waals surface area contributed by atoms with E-state index in [-0.39, 0.29) is 12.8 Å². The van der Waals surface area contributed by atoms with Crippen molar-refractivity contribution >= 4 is 11.8 Å². The van der Waals surface area contributed by atoms with Crippen LogP contribution in [0.3, 0.4) is 0 Å². The standard InChI is InChI=1S/C18H22N4O3/c1-21(2)17-14(5-4-8-19-17)10-20-18(23)22(3)11-13-6-7-15-16(9-13)25-12-24-15/h4-9H,10-12H2,1-3H3,(H,20,23). The van der Waals surface area contributed by atoms with E-state index in [1.54, 1.807) is 18.1 Å². The zero-order valence-electron chi connectivity index (χ0n) is 14.7. The van der Waals surface area contributed by atoms with Gasteiger partial charge in [-0.1, -0.05) is 12.1 Å². The van der Waals surface area contributed by atoms with E-state index in [0.717, 1.165) is 28.4 Å². The summed E-state index contributed by atoms with van der Waals surface area (Å²) in [6, 6.07) is 9.37. The highest BCUT2D eigenvalue weighted by molar-refractivity contribution is 5.74. The van der Waals surface area contributed by atoms with Crippen LogP contribution in [0.25, 0.3) is 0 Å². The fourth-order valence-corrected chi connectivity index (χ4v) is 2.66. The Bertz CT molecular complexity index is 764. The summed E-state index contributed by atoms with van der Waals surface area (Å²) in [6.45, 7) is 1.15. The molecule has 132 valence electrons. The number of carbonyl (C=O) groups excluding carboxylic acids is 1. The van der Waals surface area contributed by atoms with Crippen LogP contribution in [-0.2, 0) is 13.1 Å². The molecule has 7 heteroatoms. The summed E-state index contributed by atoms with van der Waals surface area (Å²) in [4.78, 5) is 20.3. The minimum absolute atomic E-state index is 0.147. The van der Waals surface area contributed by atoms with Crippen molar-refractivity contribution in [2.24, 2.45) is 0 Å². The van der Waals surface area contributed by atoms with E-state index in [4.69, 9.17) is 9.47 Å². The molecule has 0 spiro atoms. The molecule has 1 aromatic carbocycles. The van der Waals surface area contributed by atoms with E-state index in [2.05, 4.69) is 10.3 Å². The smallest absolute Gasteiger partial charge is 0.317 e. The Kier molecular flexibility index (Phi) is 4.92. The van der Waals surface area contributed by atoms with Gasteiger partial charge in [-0.15, -0.1) is 0 Å². The van der Waals surface area contributed by atoms with Gasteiger partial charge in [0.1, 0.15) is 5.82 Å². The summed E-state index contributed by atoms with van der Waals surface area (Å²) in [5, 5.41) is 2.93. The van der Waals surface area contributed by atoms with Gasteiger partial charge < -0.3 is 24.6 Å². The van der Waals surface area contributed by atoms with Crippen LogP contribution >= 0.6 is 0 Å². The fourth-order valence-electron chi connectivity index (χ4n) is 2.66. The Morgan fingerprint density at radius 1 is 1.20 bits per heavy atom. The Hall–Kier alpha value is -2.96. The van der Waals surface area contributed by atoms with Crippen LogP contribution in [0, 0.1) is 0 Å². The van der Waals surface area contributed by atoms with Crippen molar-refractivity contribution in [1.29, 1.82) is 0 Å². The summed E-state index contributed by atoms with van der Waals surface area (Å²) < 4.78 is 10.7. The highest BCUT2D eigenvalue weighted by Gasteiger charge is 2.15. The quantitative estimate of drug-likeness (QED) is 0.902. The second-order valence-corrected chi connectivity index (χ2v) is 6.08. The van der Waals surface area contributed by atoms with Crippen molar-refractivity contribution in [2.45, 2.75) is 13.1 Å². The summed E-state index contributed by atoms with van der Waals surface area (Å²) >= 11 is 0. The van der Waals surface area contributed by atoms with Gasteiger partial charge in [0.05, 0.1) is 0 Å². The van der Waals surface area contributed by atoms with Crippen LogP contribution in [0.2, 0.25) is 0 Å². The lowest BCUT2D eigenvalue weighted by Crippen LogP contribution is -2.36. The zero-order chi connectivity index (χ0) is 17.8. The van der Waals surface area contributed by atoms with E-state index >= 15 is 0 Å². The van der Waals surface area contributed by atoms with E-state index in [0.29, 0.717) is 13.1 Å². The average molecular weight is 342 g/mol. The molecule has 1 aliphatic rings. The first-order valence-corrected chi connectivity index (χ1v) is 8.03. The average Bonchev–Trinajstić information content (AvgIpc) is 3.07. The molecule has 0 unspecified atom stereocenters. The minimum atomic E-state index is -0.147. The number of nitrogens with zero attached hydrogens (tertiary/aromatic N) is 3. The van der Waals surface area contributed by atoms with Crippen molar-refractivity contribution < 1.29 is 14.3 Å². The third-order valence-corrected chi connectivity index (χ3v) is 3.92. The highest BCUT2D eigenvalue weighted by atomic mass is 16.7. The number of benzene rings is 1. The molecule has 0 saturated heterocycles. The zero-order valence-corrected chi connectivity index (χ0v) is 14.7. The molecule has 2 aromatic rings. The van der Waals surface area contributed by atoms with Crippen molar-refractivity contribution in [3.63, 3.8) is 0 Å². The molecule has 2 amide bonds. The Morgan fingerprint density at radius 2 is 2.00 bits per heavy atom. The van der Waals surface area contributed by atoms with Crippen LogP contribution in [-0.4, -0.2) is 43.9 Å². The Morgan fingerprint density at radius 3 is 2.80 bits per heavy atom. The van der Waals surface area contributed by atoms with Crippen LogP contribution in [0.1, 0.15) is 11.1 Å². The highest BCUT2D eigenvalue weighted by Crippen LogP contribution is 2.32. The van der Waals surface area contributed by atoms with Gasteiger partial charge in [-0.05, 0) is 23.8 Å². The maximum atomic E-state index is 12.4. The fraction of sp³-hybridized carbons (Fsp3) is 0.333. The molecule has 0 bridgehead atoms. The molecule has 0 aliphatic carbocycles. The lowest BCUT2D eigenvalue weighted by molar-refractivity contribution is 0.174. The normalized spacial score (nSPS) is 12.0. The van der Waals surface area contributed by atoms with Gasteiger partial charge in [0.25, 0.3) is 0 Å². The molecule has 7 nitrogen and oxygen atoms in total. The van der Waals surface area contributed by atoms with E-state index in [1.807, 2.05) is 49.3 Å². The largest absolute Gasteiger partial charge is 0.454 e. The lowest BCUT2D eigenvalue weighted by Gasteiger charge is -2.20. The Balaban J connectivity index is 1.58. The number of hydrogen-bond donors (Lipinski definition) is 1. The number of carbonyl (C=O) groups is 1. The van der Waals surface area contributed by atoms with Gasteiger partial charge in [-0.3, -0.25) is 0 Å². The van der Waals surface area contributed by atoms with Crippen LogP contribution in [0.4, 0.5) is 10.6 Å². The molecule has 1 aliphatic heterocycles. The summed E-state index contributed by atoms with van der Waals surface area (Å²) in [6.07, 6.45) is 1.74. The number of ether oxygens (including phenoxy) is 2. The molecule has 25 heavy (non-hydrogen) atoms. The number of anilines is 1. The van der Waals surface area contributed by atoms with Crippen LogP contribution in [0.5, 0.6) is 11.5 Å². The first-order chi connectivity index (χ1) is 12.0. The van der Waals surface area contributed by atoms with Crippen LogP contribution in [0.15, 0.2) is 36.5 Å². The first kappa shape index (κ1) is 16.9. The van der Waals surface area contributed by atoms with Gasteiger partial charge in [-0.2, -0.15) is 0 Å². The van der Waals surface area contributed by atoms with Gasteiger partial charge in [0, 0.05) is 46.0 Å². The molecule has 0 fully saturated rings. The van der Waals surface area contributed by atoms with Crippen molar-refractivity contribution in [3.8, 4) is 11.5 Å². The van der Waals surface area contributed by atoms with Gasteiger partial charge in [-0.25, -0.2) is 9.78 Å². The number of urea groups is 1. The number of rotatable bonds is 5. The second kappa shape index (κ2) is 7.29. The van der Waals surface area contributed by atoms with E-state index in [1.165, 1.54) is 0 Å². The second-order valence-electron chi connectivity index (χ2n) is 6.08. The molecule has 1 aromatic heterocycles. The molecular formula is C18H22N4O3. The number of nitrogens with one attached hydrogen (secondary N) is 1. The first-order valence-electron chi connectivity index (χ1n) is 8.03. The van der Waals surface area contributed by atoms with E-state index in [9.17, 15) is 4.79 Å². The maximum absolute atomic E-state index is 12.4. The number of hydrogen-bond acceptors (Lipinski definition) is 5. The third-order valence-electron chi connectivity index (χ3n) is 3.92. The van der Waals surface area contributed by atoms with Crippen LogP contribution < -0.4 is 19.7 Å². The molecular weight excluding hydrogens is 320 g/mol. The predicted octanol–water partition coefficient (Wildman–Crippen LogP) is 2.22. The lowest BCUT2D eigenvalue weighted by atomic mass is 10.2. The molecule has 0 atom stereocenters. The number of pyridine rings is 1. The summed E-state index contributed by atoms with van der Waals surface area (Å²) in [7, 11) is 5.62. The van der Waals surface area contributed by atoms with Gasteiger partial charge in [0.15, 0.2) is 11.5 Å². The van der Waals surface area contributed by atoms with Crippen molar-refractivity contribution in [3.05, 3.63) is 47.7 Å². The molecule has 3 rings (SSSR count). The summed E-state index contributed by atoms with van der Waals surface area (Å²) in [5.74, 6) is 2.31. The van der Waals surface area contributed by atoms with Gasteiger partial charge >= 0.3 is 6.03 Å². The topological polar surface area (TPSA) is 66.9 Å². The minimum Gasteiger partial charge on any atom is -0.454 e. The molecule has 0 radical (unpaired) electrons. The predicted molar refractivity (Wildman–Crippen MR) is 94.8 cm³/mol. The monoisotopic (exact) mass is 342 g/mol. The summed E-state index contributed by atoms with van der Waals surface area (Å²) in [5.41, 5.74) is 1.95. The van der Waals surface area contributed by atoms with Crippen molar-refractivity contribution in [1.82, 2.24) is 15.2 Å². The molecule has 1 N–H and O–H groups in total. The Labute approximate surface area is 147 Å². The number of fused-ring (bicyclic) bond motifs is 1. The number of aromatic nitrogens is 1. The molecule has 0 saturated carbocycles. The maximum Gasteiger partial charge on any atom is 0.317 e. The van der Waals surface area contributed by atoms with E-state index < -0.39 is 0 Å². The molecule has 2 heterocycles. The number of amides is 2.